The van der Waals surface area contributed by atoms with E-state index in [-0.39, 0.29) is 11.9 Å². The van der Waals surface area contributed by atoms with Gasteiger partial charge in [0.25, 0.3) is 0 Å². The highest BCUT2D eigenvalue weighted by Gasteiger charge is 2.19. The SMILES string of the molecule is CCC(OC)C(=O)c1ccco1. The zero-order valence-corrected chi connectivity index (χ0v) is 7.24. The highest BCUT2D eigenvalue weighted by atomic mass is 16.5. The summed E-state index contributed by atoms with van der Waals surface area (Å²) in [5.41, 5.74) is 0. The first-order chi connectivity index (χ1) is 5.79. The minimum atomic E-state index is -0.379. The average Bonchev–Trinajstić information content (AvgIpc) is 2.58. The summed E-state index contributed by atoms with van der Waals surface area (Å²) in [7, 11) is 1.52. The molecule has 1 aromatic rings. The zero-order valence-electron chi connectivity index (χ0n) is 7.24. The van der Waals surface area contributed by atoms with Gasteiger partial charge in [-0.2, -0.15) is 0 Å². The van der Waals surface area contributed by atoms with E-state index in [1.54, 1.807) is 12.1 Å². The fourth-order valence-corrected chi connectivity index (χ4v) is 1.04. The molecule has 1 heterocycles. The molecule has 0 aromatic carbocycles. The van der Waals surface area contributed by atoms with Gasteiger partial charge in [0.1, 0.15) is 6.10 Å². The van der Waals surface area contributed by atoms with Crippen LogP contribution in [0.15, 0.2) is 22.8 Å². The molecule has 1 rings (SSSR count). The van der Waals surface area contributed by atoms with E-state index in [0.29, 0.717) is 12.2 Å². The lowest BCUT2D eigenvalue weighted by Crippen LogP contribution is -2.21. The first kappa shape index (κ1) is 9.00. The van der Waals surface area contributed by atoms with Gasteiger partial charge in [-0.1, -0.05) is 6.92 Å². The summed E-state index contributed by atoms with van der Waals surface area (Å²) in [6.45, 7) is 1.90. The van der Waals surface area contributed by atoms with Crippen LogP contribution in [-0.4, -0.2) is 19.0 Å². The molecule has 1 aromatic heterocycles. The minimum Gasteiger partial charge on any atom is -0.461 e. The Morgan fingerprint density at radius 3 is 2.92 bits per heavy atom. The molecule has 1 unspecified atom stereocenters. The summed E-state index contributed by atoms with van der Waals surface area (Å²) >= 11 is 0. The maximum Gasteiger partial charge on any atom is 0.226 e. The van der Waals surface area contributed by atoms with Crippen LogP contribution in [0, 0.1) is 0 Å². The molecular weight excluding hydrogens is 156 g/mol. The van der Waals surface area contributed by atoms with Gasteiger partial charge in [-0.05, 0) is 18.6 Å². The maximum absolute atomic E-state index is 11.4. The van der Waals surface area contributed by atoms with Gasteiger partial charge in [0, 0.05) is 7.11 Å². The topological polar surface area (TPSA) is 39.4 Å². The van der Waals surface area contributed by atoms with Crippen molar-refractivity contribution in [3.05, 3.63) is 24.2 Å². The number of furan rings is 1. The van der Waals surface area contributed by atoms with E-state index in [0.717, 1.165) is 0 Å². The minimum absolute atomic E-state index is 0.0926. The lowest BCUT2D eigenvalue weighted by Gasteiger charge is -2.08. The average molecular weight is 168 g/mol. The van der Waals surface area contributed by atoms with Crippen LogP contribution < -0.4 is 0 Å². The Kier molecular flexibility index (Phi) is 3.05. The number of rotatable bonds is 4. The van der Waals surface area contributed by atoms with Crippen LogP contribution >= 0.6 is 0 Å². The molecule has 3 heteroatoms. The normalized spacial score (nSPS) is 12.8. The summed E-state index contributed by atoms with van der Waals surface area (Å²) in [6.07, 6.45) is 1.77. The number of carbonyl (C=O) groups is 1. The molecule has 0 amide bonds. The van der Waals surface area contributed by atoms with Crippen LogP contribution in [0.3, 0.4) is 0 Å². The molecular formula is C9H12O3. The number of carbonyl (C=O) groups excluding carboxylic acids is 1. The Morgan fingerprint density at radius 2 is 2.50 bits per heavy atom. The molecule has 0 aliphatic heterocycles. The number of hydrogen-bond acceptors (Lipinski definition) is 3. The van der Waals surface area contributed by atoms with Gasteiger partial charge in [-0.3, -0.25) is 4.79 Å². The molecule has 0 bridgehead atoms. The first-order valence-electron chi connectivity index (χ1n) is 3.90. The smallest absolute Gasteiger partial charge is 0.226 e. The van der Waals surface area contributed by atoms with Crippen LogP contribution in [-0.2, 0) is 4.74 Å². The van der Waals surface area contributed by atoms with Gasteiger partial charge in [-0.25, -0.2) is 0 Å². The van der Waals surface area contributed by atoms with Crippen LogP contribution in [0.4, 0.5) is 0 Å². The van der Waals surface area contributed by atoms with Gasteiger partial charge in [-0.15, -0.1) is 0 Å². The molecule has 3 nitrogen and oxygen atoms in total. The monoisotopic (exact) mass is 168 g/mol. The molecule has 0 fully saturated rings. The Labute approximate surface area is 71.3 Å². The Balaban J connectivity index is 2.70. The van der Waals surface area contributed by atoms with E-state index in [4.69, 9.17) is 9.15 Å². The van der Waals surface area contributed by atoms with Gasteiger partial charge < -0.3 is 9.15 Å². The summed E-state index contributed by atoms with van der Waals surface area (Å²) in [5.74, 6) is 0.272. The third kappa shape index (κ3) is 1.74. The quantitative estimate of drug-likeness (QED) is 0.644. The molecule has 0 aliphatic carbocycles. The fraction of sp³-hybridized carbons (Fsp3) is 0.444. The molecule has 0 aliphatic rings. The predicted molar refractivity (Wildman–Crippen MR) is 44.1 cm³/mol. The van der Waals surface area contributed by atoms with Crippen molar-refractivity contribution in [3.63, 3.8) is 0 Å². The number of methoxy groups -OCH3 is 1. The third-order valence-electron chi connectivity index (χ3n) is 1.71. The van der Waals surface area contributed by atoms with Crippen LogP contribution in [0.5, 0.6) is 0 Å². The van der Waals surface area contributed by atoms with E-state index < -0.39 is 0 Å². The highest BCUT2D eigenvalue weighted by Crippen LogP contribution is 2.08. The largest absolute Gasteiger partial charge is 0.461 e. The molecule has 0 spiro atoms. The van der Waals surface area contributed by atoms with Crippen molar-refractivity contribution in [2.24, 2.45) is 0 Å². The number of Topliss-reactive ketones (excluding diaryl/α,β-unsaturated/α-hetero) is 1. The van der Waals surface area contributed by atoms with Gasteiger partial charge in [0.2, 0.25) is 5.78 Å². The Morgan fingerprint density at radius 1 is 1.75 bits per heavy atom. The number of hydrogen-bond donors (Lipinski definition) is 0. The van der Waals surface area contributed by atoms with E-state index in [1.807, 2.05) is 6.92 Å². The second kappa shape index (κ2) is 4.07. The highest BCUT2D eigenvalue weighted by molar-refractivity contribution is 5.96. The van der Waals surface area contributed by atoms with Crippen molar-refractivity contribution in [1.82, 2.24) is 0 Å². The van der Waals surface area contributed by atoms with Gasteiger partial charge in [0.05, 0.1) is 6.26 Å². The van der Waals surface area contributed by atoms with Crippen molar-refractivity contribution >= 4 is 5.78 Å². The lowest BCUT2D eigenvalue weighted by molar-refractivity contribution is 0.0568. The number of ether oxygens (including phenoxy) is 1. The third-order valence-corrected chi connectivity index (χ3v) is 1.71. The Bertz CT molecular complexity index is 234. The molecule has 0 saturated heterocycles. The van der Waals surface area contributed by atoms with Crippen molar-refractivity contribution in [2.75, 3.05) is 7.11 Å². The maximum atomic E-state index is 11.4. The number of ketones is 1. The van der Waals surface area contributed by atoms with Crippen molar-refractivity contribution < 1.29 is 13.9 Å². The van der Waals surface area contributed by atoms with E-state index >= 15 is 0 Å². The van der Waals surface area contributed by atoms with E-state index in [1.165, 1.54) is 13.4 Å². The van der Waals surface area contributed by atoms with Gasteiger partial charge >= 0.3 is 0 Å². The second-order valence-electron chi connectivity index (χ2n) is 2.47. The summed E-state index contributed by atoms with van der Waals surface area (Å²) in [5, 5.41) is 0. The van der Waals surface area contributed by atoms with E-state index in [2.05, 4.69) is 0 Å². The molecule has 1 atom stereocenters. The van der Waals surface area contributed by atoms with Gasteiger partial charge in [0.15, 0.2) is 5.76 Å². The van der Waals surface area contributed by atoms with Crippen molar-refractivity contribution in [1.29, 1.82) is 0 Å². The Hall–Kier alpha value is -1.09. The van der Waals surface area contributed by atoms with Crippen molar-refractivity contribution in [3.8, 4) is 0 Å². The van der Waals surface area contributed by atoms with Crippen LogP contribution in [0.2, 0.25) is 0 Å². The molecule has 0 radical (unpaired) electrons. The second-order valence-corrected chi connectivity index (χ2v) is 2.47. The van der Waals surface area contributed by atoms with E-state index in [9.17, 15) is 4.79 Å². The standard InChI is InChI=1S/C9H12O3/c1-3-7(11-2)9(10)8-5-4-6-12-8/h4-7H,3H2,1-2H3. The zero-order chi connectivity index (χ0) is 8.97. The lowest BCUT2D eigenvalue weighted by atomic mass is 10.1. The fourth-order valence-electron chi connectivity index (χ4n) is 1.04. The summed E-state index contributed by atoms with van der Waals surface area (Å²) in [4.78, 5) is 11.4. The van der Waals surface area contributed by atoms with Crippen molar-refractivity contribution in [2.45, 2.75) is 19.4 Å². The molecule has 0 N–H and O–H groups in total. The molecule has 12 heavy (non-hydrogen) atoms. The summed E-state index contributed by atoms with van der Waals surface area (Å²) < 4.78 is 9.93. The summed E-state index contributed by atoms with van der Waals surface area (Å²) in [6, 6.07) is 3.33. The van der Waals surface area contributed by atoms with Crippen LogP contribution in [0.25, 0.3) is 0 Å². The van der Waals surface area contributed by atoms with Crippen LogP contribution in [0.1, 0.15) is 23.9 Å². The molecule has 0 saturated carbocycles. The predicted octanol–water partition coefficient (Wildman–Crippen LogP) is 1.89. The first-order valence-corrected chi connectivity index (χ1v) is 3.90. The molecule has 66 valence electrons.